The SMILES string of the molecule is O=C(O)c1ccc(N2CC3CCCC3C2)cc1C(F)(F)F. The standard InChI is InChI=1S/C15H16F3NO2/c16-15(17,18)13-6-11(4-5-12(13)14(20)21)19-7-9-2-1-3-10(9)8-19/h4-6,9-10H,1-3,7-8H2,(H,20,21). The number of rotatable bonds is 2. The lowest BCUT2D eigenvalue weighted by Gasteiger charge is -2.21. The van der Waals surface area contributed by atoms with E-state index in [9.17, 15) is 18.0 Å². The molecule has 6 heteroatoms. The van der Waals surface area contributed by atoms with Crippen LogP contribution in [0.25, 0.3) is 0 Å². The van der Waals surface area contributed by atoms with Crippen LogP contribution in [0.1, 0.15) is 35.2 Å². The van der Waals surface area contributed by atoms with Crippen molar-refractivity contribution >= 4 is 11.7 Å². The molecule has 1 aromatic carbocycles. The van der Waals surface area contributed by atoms with Gasteiger partial charge in [-0.25, -0.2) is 4.79 Å². The van der Waals surface area contributed by atoms with Crippen LogP contribution in [0.4, 0.5) is 18.9 Å². The summed E-state index contributed by atoms with van der Waals surface area (Å²) in [5.74, 6) is -0.413. The zero-order chi connectivity index (χ0) is 15.2. The van der Waals surface area contributed by atoms with Gasteiger partial charge in [0.25, 0.3) is 0 Å². The zero-order valence-electron chi connectivity index (χ0n) is 11.4. The molecule has 3 nitrogen and oxygen atoms in total. The van der Waals surface area contributed by atoms with Crippen LogP contribution in [-0.2, 0) is 6.18 Å². The molecule has 1 aliphatic carbocycles. The number of fused-ring (bicyclic) bond motifs is 1. The number of aromatic carboxylic acids is 1. The summed E-state index contributed by atoms with van der Waals surface area (Å²) in [5.41, 5.74) is -1.28. The van der Waals surface area contributed by atoms with Crippen molar-refractivity contribution in [3.63, 3.8) is 0 Å². The maximum Gasteiger partial charge on any atom is 0.417 e. The predicted molar refractivity (Wildman–Crippen MR) is 71.4 cm³/mol. The summed E-state index contributed by atoms with van der Waals surface area (Å²) >= 11 is 0. The first-order valence-electron chi connectivity index (χ1n) is 7.06. The highest BCUT2D eigenvalue weighted by Gasteiger charge is 2.39. The van der Waals surface area contributed by atoms with Crippen LogP contribution in [0, 0.1) is 11.8 Å². The number of nitrogens with zero attached hydrogens (tertiary/aromatic N) is 1. The summed E-state index contributed by atoms with van der Waals surface area (Å²) < 4.78 is 39.1. The van der Waals surface area contributed by atoms with Crippen molar-refractivity contribution in [2.45, 2.75) is 25.4 Å². The fourth-order valence-corrected chi connectivity index (χ4v) is 3.60. The van der Waals surface area contributed by atoms with Crippen molar-refractivity contribution in [1.29, 1.82) is 0 Å². The second-order valence-corrected chi connectivity index (χ2v) is 5.89. The summed E-state index contributed by atoms with van der Waals surface area (Å²) in [7, 11) is 0. The molecule has 2 aliphatic rings. The molecule has 1 saturated heterocycles. The van der Waals surface area contributed by atoms with Crippen molar-refractivity contribution in [3.05, 3.63) is 29.3 Å². The van der Waals surface area contributed by atoms with E-state index in [-0.39, 0.29) is 0 Å². The zero-order valence-corrected chi connectivity index (χ0v) is 11.4. The van der Waals surface area contributed by atoms with E-state index in [0.29, 0.717) is 17.5 Å². The lowest BCUT2D eigenvalue weighted by Crippen LogP contribution is -2.22. The van der Waals surface area contributed by atoms with E-state index >= 15 is 0 Å². The molecule has 3 rings (SSSR count). The largest absolute Gasteiger partial charge is 0.478 e. The Kier molecular flexibility index (Phi) is 3.34. The number of carbonyl (C=O) groups is 1. The highest BCUT2D eigenvalue weighted by molar-refractivity contribution is 5.90. The van der Waals surface area contributed by atoms with Crippen LogP contribution in [0.5, 0.6) is 0 Å². The Hall–Kier alpha value is -1.72. The molecule has 1 saturated carbocycles. The van der Waals surface area contributed by atoms with Gasteiger partial charge in [-0.2, -0.15) is 13.2 Å². The van der Waals surface area contributed by atoms with E-state index in [1.165, 1.54) is 12.5 Å². The third kappa shape index (κ3) is 2.59. The Morgan fingerprint density at radius 3 is 2.33 bits per heavy atom. The molecule has 1 N–H and O–H groups in total. The quantitative estimate of drug-likeness (QED) is 0.906. The number of carboxylic acids is 1. The van der Waals surface area contributed by atoms with E-state index in [4.69, 9.17) is 5.11 Å². The van der Waals surface area contributed by atoms with Crippen molar-refractivity contribution in [2.75, 3.05) is 18.0 Å². The Bertz CT molecular complexity index is 559. The number of halogens is 3. The van der Waals surface area contributed by atoms with E-state index in [0.717, 1.165) is 38.1 Å². The first-order chi connectivity index (χ1) is 9.86. The fourth-order valence-electron chi connectivity index (χ4n) is 3.60. The first-order valence-corrected chi connectivity index (χ1v) is 7.06. The third-order valence-corrected chi connectivity index (χ3v) is 4.63. The van der Waals surface area contributed by atoms with Crippen molar-refractivity contribution in [1.82, 2.24) is 0 Å². The van der Waals surface area contributed by atoms with Crippen LogP contribution < -0.4 is 4.90 Å². The van der Waals surface area contributed by atoms with E-state index in [2.05, 4.69) is 0 Å². The average Bonchev–Trinajstić information content (AvgIpc) is 2.97. The van der Waals surface area contributed by atoms with Crippen LogP contribution >= 0.6 is 0 Å². The summed E-state index contributed by atoms with van der Waals surface area (Å²) in [4.78, 5) is 12.9. The molecule has 1 aliphatic heterocycles. The van der Waals surface area contributed by atoms with Gasteiger partial charge in [0.2, 0.25) is 0 Å². The molecule has 2 unspecified atom stereocenters. The van der Waals surface area contributed by atoms with E-state index in [1.54, 1.807) is 0 Å². The molecular formula is C15H16F3NO2. The van der Waals surface area contributed by atoms with Gasteiger partial charge >= 0.3 is 12.1 Å². The fraction of sp³-hybridized carbons (Fsp3) is 0.533. The summed E-state index contributed by atoms with van der Waals surface area (Å²) in [5, 5.41) is 8.90. The molecule has 114 valence electrons. The van der Waals surface area contributed by atoms with Gasteiger partial charge in [0.1, 0.15) is 0 Å². The minimum absolute atomic E-state index is 0.474. The smallest absolute Gasteiger partial charge is 0.417 e. The van der Waals surface area contributed by atoms with Crippen LogP contribution in [0.3, 0.4) is 0 Å². The lowest BCUT2D eigenvalue weighted by molar-refractivity contribution is -0.138. The summed E-state index contributed by atoms with van der Waals surface area (Å²) in [6.07, 6.45) is -1.17. The molecule has 0 aromatic heterocycles. The molecule has 0 bridgehead atoms. The van der Waals surface area contributed by atoms with Gasteiger partial charge in [0.05, 0.1) is 11.1 Å². The molecule has 2 atom stereocenters. The third-order valence-electron chi connectivity index (χ3n) is 4.63. The van der Waals surface area contributed by atoms with E-state index < -0.39 is 23.3 Å². The Balaban J connectivity index is 1.92. The molecule has 21 heavy (non-hydrogen) atoms. The molecule has 0 radical (unpaired) electrons. The maximum absolute atomic E-state index is 13.0. The minimum atomic E-state index is -4.65. The van der Waals surface area contributed by atoms with Gasteiger partial charge in [0, 0.05) is 18.8 Å². The number of alkyl halides is 3. The monoisotopic (exact) mass is 299 g/mol. The van der Waals surface area contributed by atoms with Gasteiger partial charge in [-0.05, 0) is 42.9 Å². The maximum atomic E-state index is 13.0. The Morgan fingerprint density at radius 1 is 1.19 bits per heavy atom. The van der Waals surface area contributed by atoms with Gasteiger partial charge in [0.15, 0.2) is 0 Å². The van der Waals surface area contributed by atoms with Crippen LogP contribution in [0.2, 0.25) is 0 Å². The van der Waals surface area contributed by atoms with Gasteiger partial charge < -0.3 is 10.0 Å². The second-order valence-electron chi connectivity index (χ2n) is 5.89. The van der Waals surface area contributed by atoms with Crippen molar-refractivity contribution < 1.29 is 23.1 Å². The molecular weight excluding hydrogens is 283 g/mol. The lowest BCUT2D eigenvalue weighted by atomic mass is 10.0. The number of hydrogen-bond donors (Lipinski definition) is 1. The Labute approximate surface area is 120 Å². The molecule has 0 amide bonds. The molecule has 1 heterocycles. The summed E-state index contributed by atoms with van der Waals surface area (Å²) in [6, 6.07) is 3.53. The van der Waals surface area contributed by atoms with Crippen LogP contribution in [0.15, 0.2) is 18.2 Å². The first kappa shape index (κ1) is 14.2. The minimum Gasteiger partial charge on any atom is -0.478 e. The van der Waals surface area contributed by atoms with Gasteiger partial charge in [-0.3, -0.25) is 0 Å². The molecule has 0 spiro atoms. The van der Waals surface area contributed by atoms with E-state index in [1.807, 2.05) is 4.90 Å². The molecule has 2 fully saturated rings. The predicted octanol–water partition coefficient (Wildman–Crippen LogP) is 3.64. The second kappa shape index (κ2) is 4.93. The van der Waals surface area contributed by atoms with Gasteiger partial charge in [-0.15, -0.1) is 0 Å². The number of carboxylic acid groups (broad SMARTS) is 1. The highest BCUT2D eigenvalue weighted by Crippen LogP contribution is 2.41. The topological polar surface area (TPSA) is 40.5 Å². The highest BCUT2D eigenvalue weighted by atomic mass is 19.4. The van der Waals surface area contributed by atoms with Crippen molar-refractivity contribution in [2.24, 2.45) is 11.8 Å². The van der Waals surface area contributed by atoms with Crippen LogP contribution in [-0.4, -0.2) is 24.2 Å². The number of benzene rings is 1. The normalized spacial score (nSPS) is 25.2. The number of hydrogen-bond acceptors (Lipinski definition) is 2. The Morgan fingerprint density at radius 2 is 1.81 bits per heavy atom. The van der Waals surface area contributed by atoms with Crippen molar-refractivity contribution in [3.8, 4) is 0 Å². The molecule has 1 aromatic rings. The summed E-state index contributed by atoms with van der Waals surface area (Å²) in [6.45, 7) is 1.54. The van der Waals surface area contributed by atoms with Gasteiger partial charge in [-0.1, -0.05) is 6.42 Å². The average molecular weight is 299 g/mol. The number of anilines is 1.